The van der Waals surface area contributed by atoms with Crippen molar-refractivity contribution in [1.82, 2.24) is 24.6 Å². The third kappa shape index (κ3) is 6.75. The number of piperidine rings is 1. The molecule has 2 aliphatic rings. The minimum absolute atomic E-state index is 0.0581. The van der Waals surface area contributed by atoms with Crippen molar-refractivity contribution >= 4 is 34.8 Å². The molecule has 0 spiro atoms. The van der Waals surface area contributed by atoms with E-state index in [4.69, 9.17) is 5.10 Å². The minimum Gasteiger partial charge on any atom is -0.331 e. The van der Waals surface area contributed by atoms with E-state index in [-0.39, 0.29) is 29.4 Å². The third-order valence-corrected chi connectivity index (χ3v) is 10.3. The summed E-state index contributed by atoms with van der Waals surface area (Å²) in [5.41, 5.74) is 6.26. The molecule has 5 heterocycles. The van der Waals surface area contributed by atoms with E-state index in [0.29, 0.717) is 17.4 Å². The molecule has 2 N–H and O–H groups in total. The predicted molar refractivity (Wildman–Crippen MR) is 191 cm³/mol. The molecule has 48 heavy (non-hydrogen) atoms. The van der Waals surface area contributed by atoms with Crippen LogP contribution in [0.1, 0.15) is 73.8 Å². The second kappa shape index (κ2) is 13.0. The number of hydrogen-bond donors (Lipinski definition) is 2. The molecule has 7 rings (SSSR count). The van der Waals surface area contributed by atoms with Gasteiger partial charge in [0.15, 0.2) is 0 Å². The summed E-state index contributed by atoms with van der Waals surface area (Å²) < 4.78 is 1.78. The van der Waals surface area contributed by atoms with Gasteiger partial charge in [-0.15, -0.1) is 11.3 Å². The molecule has 2 atom stereocenters. The zero-order chi connectivity index (χ0) is 33.4. The number of fused-ring (bicyclic) bond motifs is 2. The molecule has 9 nitrogen and oxygen atoms in total. The van der Waals surface area contributed by atoms with Crippen LogP contribution in [-0.2, 0) is 11.8 Å². The second-order valence-electron chi connectivity index (χ2n) is 14.1. The maximum absolute atomic E-state index is 13.6. The molecule has 0 saturated carbocycles. The van der Waals surface area contributed by atoms with Gasteiger partial charge in [0.2, 0.25) is 0 Å². The predicted octanol–water partition coefficient (Wildman–Crippen LogP) is 8.27. The van der Waals surface area contributed by atoms with Gasteiger partial charge in [0.25, 0.3) is 5.91 Å². The molecular formula is C38H41N7O2S. The van der Waals surface area contributed by atoms with Crippen molar-refractivity contribution < 1.29 is 9.59 Å². The van der Waals surface area contributed by atoms with Crippen LogP contribution in [0, 0.1) is 12.8 Å². The summed E-state index contributed by atoms with van der Waals surface area (Å²) >= 11 is 1.51. The molecular weight excluding hydrogens is 619 g/mol. The average molecular weight is 660 g/mol. The van der Waals surface area contributed by atoms with Gasteiger partial charge in [-0.2, -0.15) is 5.10 Å². The smallest absolute Gasteiger partial charge is 0.324 e. The number of pyridine rings is 1. The van der Waals surface area contributed by atoms with Crippen molar-refractivity contribution in [2.75, 3.05) is 10.6 Å². The van der Waals surface area contributed by atoms with Crippen LogP contribution in [0.15, 0.2) is 84.5 Å². The summed E-state index contributed by atoms with van der Waals surface area (Å²) in [5.74, 6) is 1.18. The van der Waals surface area contributed by atoms with Crippen LogP contribution in [0.5, 0.6) is 0 Å². The number of hydrogen-bond acceptors (Lipinski definition) is 6. The molecule has 10 heteroatoms. The van der Waals surface area contributed by atoms with E-state index < -0.39 is 0 Å². The average Bonchev–Trinajstić information content (AvgIpc) is 3.79. The first-order valence-corrected chi connectivity index (χ1v) is 17.5. The number of nitrogens with one attached hydrogen (secondary N) is 2. The van der Waals surface area contributed by atoms with Crippen LogP contribution in [0.2, 0.25) is 0 Å². The third-order valence-electron chi connectivity index (χ3n) is 9.45. The largest absolute Gasteiger partial charge is 0.331 e. The Labute approximate surface area is 285 Å². The van der Waals surface area contributed by atoms with Gasteiger partial charge in [0.05, 0.1) is 11.4 Å². The second-order valence-corrected chi connectivity index (χ2v) is 15.0. The molecule has 0 radical (unpaired) electrons. The van der Waals surface area contributed by atoms with Gasteiger partial charge in [-0.05, 0) is 86.9 Å². The Bertz CT molecular complexity index is 1900. The van der Waals surface area contributed by atoms with Gasteiger partial charge in [-0.1, -0.05) is 50.6 Å². The van der Waals surface area contributed by atoms with E-state index in [2.05, 4.69) is 58.4 Å². The van der Waals surface area contributed by atoms with Gasteiger partial charge in [0, 0.05) is 52.6 Å². The highest BCUT2D eigenvalue weighted by Crippen LogP contribution is 2.41. The van der Waals surface area contributed by atoms with Crippen molar-refractivity contribution in [3.63, 3.8) is 0 Å². The van der Waals surface area contributed by atoms with Crippen molar-refractivity contribution in [1.29, 1.82) is 0 Å². The number of carbonyl (C=O) groups is 2. The summed E-state index contributed by atoms with van der Waals surface area (Å²) in [6.45, 7) is 8.37. The number of carbonyl (C=O) groups excluding carboxylic acids is 2. The lowest BCUT2D eigenvalue weighted by Gasteiger charge is -2.38. The molecule has 2 aromatic carbocycles. The van der Waals surface area contributed by atoms with Crippen LogP contribution in [0.25, 0.3) is 16.3 Å². The Morgan fingerprint density at radius 1 is 0.917 bits per heavy atom. The number of nitrogens with zero attached hydrogens (tertiary/aromatic N) is 5. The number of rotatable bonds is 7. The van der Waals surface area contributed by atoms with Gasteiger partial charge in [-0.3, -0.25) is 15.1 Å². The Balaban J connectivity index is 0.958. The SMILES string of the molecule is Cc1ccc(-n2nc(C(C)(C)C)cc2NC(=O)Nc2ccc(CC3CC4CCC(C3)N4C(=O)c3csc(-c4ccncc4)n3)cc2)cc1. The van der Waals surface area contributed by atoms with Crippen molar-refractivity contribution in [2.24, 2.45) is 5.92 Å². The van der Waals surface area contributed by atoms with Crippen molar-refractivity contribution in [3.8, 4) is 16.3 Å². The lowest BCUT2D eigenvalue weighted by molar-refractivity contribution is 0.0519. The van der Waals surface area contributed by atoms with E-state index in [1.807, 2.05) is 66.9 Å². The first-order chi connectivity index (χ1) is 23.1. The molecule has 2 bridgehead atoms. The number of anilines is 2. The Morgan fingerprint density at radius 2 is 1.60 bits per heavy atom. The number of benzene rings is 2. The fourth-order valence-electron chi connectivity index (χ4n) is 6.97. The van der Waals surface area contributed by atoms with E-state index in [1.54, 1.807) is 17.1 Å². The molecule has 2 unspecified atom stereocenters. The molecule has 2 aliphatic heterocycles. The number of urea groups is 1. The highest BCUT2D eigenvalue weighted by molar-refractivity contribution is 7.13. The van der Waals surface area contributed by atoms with Gasteiger partial charge >= 0.3 is 6.03 Å². The lowest BCUT2D eigenvalue weighted by atomic mass is 9.85. The Hall–Kier alpha value is -4.83. The van der Waals surface area contributed by atoms with Crippen LogP contribution < -0.4 is 10.6 Å². The minimum atomic E-state index is -0.321. The number of thiazole rings is 1. The van der Waals surface area contributed by atoms with Crippen LogP contribution >= 0.6 is 11.3 Å². The highest BCUT2D eigenvalue weighted by atomic mass is 32.1. The number of aromatic nitrogens is 4. The summed E-state index contributed by atoms with van der Waals surface area (Å²) in [5, 5.41) is 13.5. The van der Waals surface area contributed by atoms with Gasteiger partial charge in [-0.25, -0.2) is 14.5 Å². The van der Waals surface area contributed by atoms with E-state index in [1.165, 1.54) is 16.9 Å². The van der Waals surface area contributed by atoms with E-state index in [9.17, 15) is 9.59 Å². The monoisotopic (exact) mass is 659 g/mol. The normalized spacial score (nSPS) is 18.9. The fraction of sp³-hybridized carbons (Fsp3) is 0.342. The van der Waals surface area contributed by atoms with Crippen LogP contribution in [0.3, 0.4) is 0 Å². The van der Waals surface area contributed by atoms with Crippen molar-refractivity contribution in [3.05, 3.63) is 107 Å². The summed E-state index contributed by atoms with van der Waals surface area (Å²) in [6.07, 6.45) is 8.54. The lowest BCUT2D eigenvalue weighted by Crippen LogP contribution is -2.47. The standard InChI is InChI=1S/C38H41N7O2S/c1-24-5-11-29(12-6-24)45-34(22-33(43-45)38(2,3)4)42-37(47)40-28-9-7-25(8-10-28)19-26-20-30-13-14-31(21-26)44(30)36(46)32-23-48-35(41-32)27-15-17-39-18-16-27/h5-12,15-18,22-23,26,30-31H,13-14,19-21H2,1-4H3,(H2,40,42,47). The summed E-state index contributed by atoms with van der Waals surface area (Å²) in [7, 11) is 0. The van der Waals surface area contributed by atoms with Crippen LogP contribution in [0.4, 0.5) is 16.3 Å². The zero-order valence-corrected chi connectivity index (χ0v) is 28.6. The van der Waals surface area contributed by atoms with E-state index in [0.717, 1.165) is 65.3 Å². The first-order valence-electron chi connectivity index (χ1n) is 16.6. The maximum Gasteiger partial charge on any atom is 0.324 e. The fourth-order valence-corrected chi connectivity index (χ4v) is 7.77. The molecule has 2 fully saturated rings. The first kappa shape index (κ1) is 31.8. The number of amides is 3. The maximum atomic E-state index is 13.6. The van der Waals surface area contributed by atoms with E-state index >= 15 is 0 Å². The molecule has 3 amide bonds. The Kier molecular flexibility index (Phi) is 8.60. The molecule has 5 aromatic rings. The highest BCUT2D eigenvalue weighted by Gasteiger charge is 2.43. The molecule has 2 saturated heterocycles. The summed E-state index contributed by atoms with van der Waals surface area (Å²) in [6, 6.07) is 22.2. The van der Waals surface area contributed by atoms with Gasteiger partial charge < -0.3 is 10.2 Å². The van der Waals surface area contributed by atoms with Crippen LogP contribution in [-0.4, -0.2) is 48.7 Å². The number of aryl methyl sites for hydroxylation is 1. The Morgan fingerprint density at radius 3 is 2.27 bits per heavy atom. The molecule has 246 valence electrons. The topological polar surface area (TPSA) is 105 Å². The quantitative estimate of drug-likeness (QED) is 0.183. The molecule has 3 aromatic heterocycles. The van der Waals surface area contributed by atoms with Crippen molar-refractivity contribution in [2.45, 2.75) is 77.3 Å². The van der Waals surface area contributed by atoms with Gasteiger partial charge in [0.1, 0.15) is 16.5 Å². The zero-order valence-electron chi connectivity index (χ0n) is 27.8. The summed E-state index contributed by atoms with van der Waals surface area (Å²) in [4.78, 5) is 37.6. The molecule has 0 aliphatic carbocycles.